The maximum Gasteiger partial charge on any atom is 0.242 e. The maximum absolute atomic E-state index is 13.0. The van der Waals surface area contributed by atoms with E-state index in [0.717, 1.165) is 16.7 Å². The number of carbonyl (C=O) groups is 2. The van der Waals surface area contributed by atoms with Gasteiger partial charge in [-0.05, 0) is 44.0 Å². The molecule has 2 amide bonds. The molecule has 7 heteroatoms. The molecule has 0 saturated carbocycles. The van der Waals surface area contributed by atoms with Gasteiger partial charge in [-0.15, -0.1) is 11.8 Å². The van der Waals surface area contributed by atoms with E-state index in [4.69, 9.17) is 23.2 Å². The van der Waals surface area contributed by atoms with Crippen molar-refractivity contribution >= 4 is 46.8 Å². The topological polar surface area (TPSA) is 49.4 Å². The second-order valence-corrected chi connectivity index (χ2v) is 8.64. The van der Waals surface area contributed by atoms with Crippen molar-refractivity contribution in [1.82, 2.24) is 10.2 Å². The van der Waals surface area contributed by atoms with Crippen molar-refractivity contribution in [2.75, 3.05) is 12.3 Å². The molecular weight excluding hydrogens is 427 g/mol. The molecule has 156 valence electrons. The highest BCUT2D eigenvalue weighted by atomic mass is 35.5. The van der Waals surface area contributed by atoms with Crippen LogP contribution in [-0.4, -0.2) is 35.1 Å². The van der Waals surface area contributed by atoms with Crippen LogP contribution < -0.4 is 5.32 Å². The van der Waals surface area contributed by atoms with Crippen molar-refractivity contribution in [3.8, 4) is 0 Å². The zero-order valence-electron chi connectivity index (χ0n) is 16.9. The number of halogens is 2. The summed E-state index contributed by atoms with van der Waals surface area (Å²) in [4.78, 5) is 27.0. The summed E-state index contributed by atoms with van der Waals surface area (Å²) < 4.78 is 0. The minimum Gasteiger partial charge on any atom is -0.355 e. The van der Waals surface area contributed by atoms with Gasteiger partial charge in [0.1, 0.15) is 6.04 Å². The molecule has 2 rings (SSSR count). The predicted octanol–water partition coefficient (Wildman–Crippen LogP) is 5.09. The van der Waals surface area contributed by atoms with Crippen molar-refractivity contribution in [2.24, 2.45) is 0 Å². The lowest BCUT2D eigenvalue weighted by atomic mass is 10.1. The van der Waals surface area contributed by atoms with E-state index < -0.39 is 6.04 Å². The molecule has 29 heavy (non-hydrogen) atoms. The molecular formula is C22H26Cl2N2O2S. The fourth-order valence-electron chi connectivity index (χ4n) is 2.88. The van der Waals surface area contributed by atoms with Crippen molar-refractivity contribution in [2.45, 2.75) is 39.1 Å². The average Bonchev–Trinajstić information content (AvgIpc) is 2.67. The third-order valence-corrected chi connectivity index (χ3v) is 6.01. The Kier molecular flexibility index (Phi) is 9.34. The number of nitrogens with one attached hydrogen (secondary N) is 1. The van der Waals surface area contributed by atoms with Crippen LogP contribution in [0.4, 0.5) is 0 Å². The Labute approximate surface area is 187 Å². The van der Waals surface area contributed by atoms with Gasteiger partial charge in [0.2, 0.25) is 11.8 Å². The lowest BCUT2D eigenvalue weighted by Crippen LogP contribution is -2.48. The van der Waals surface area contributed by atoms with Gasteiger partial charge in [0.15, 0.2) is 0 Å². The fourth-order valence-corrected chi connectivity index (χ4v) is 4.35. The smallest absolute Gasteiger partial charge is 0.242 e. The Balaban J connectivity index is 2.07. The second-order valence-electron chi connectivity index (χ2n) is 6.81. The molecule has 1 N–H and O–H groups in total. The Morgan fingerprint density at radius 1 is 1.17 bits per heavy atom. The Morgan fingerprint density at radius 2 is 1.93 bits per heavy atom. The number of aryl methyl sites for hydroxylation is 1. The number of likely N-dealkylation sites (N-methyl/N-ethyl adjacent to an activating group) is 1. The standard InChI is InChI=1S/C22H26Cl2N2O2S/c1-4-25-22(28)16(3)26(12-17-7-5-6-15(2)10-17)21(27)14-29-13-18-8-9-19(23)11-20(18)24/h5-11,16H,4,12-14H2,1-3H3,(H,25,28). The van der Waals surface area contributed by atoms with Gasteiger partial charge in [-0.1, -0.05) is 59.1 Å². The summed E-state index contributed by atoms with van der Waals surface area (Å²) in [5.41, 5.74) is 3.04. The number of rotatable bonds is 9. The second kappa shape index (κ2) is 11.5. The molecule has 0 spiro atoms. The molecule has 0 aromatic heterocycles. The van der Waals surface area contributed by atoms with E-state index in [1.54, 1.807) is 24.0 Å². The van der Waals surface area contributed by atoms with Crippen LogP contribution in [0.5, 0.6) is 0 Å². The van der Waals surface area contributed by atoms with E-state index in [1.807, 2.05) is 44.2 Å². The highest BCUT2D eigenvalue weighted by molar-refractivity contribution is 7.99. The minimum atomic E-state index is -0.553. The molecule has 0 aliphatic carbocycles. The van der Waals surface area contributed by atoms with E-state index in [9.17, 15) is 9.59 Å². The molecule has 2 aromatic rings. The van der Waals surface area contributed by atoms with Crippen LogP contribution in [0, 0.1) is 6.92 Å². The first-order valence-electron chi connectivity index (χ1n) is 9.46. The van der Waals surface area contributed by atoms with Gasteiger partial charge in [0, 0.05) is 28.9 Å². The average molecular weight is 453 g/mol. The Hall–Kier alpha value is -1.69. The number of hydrogen-bond acceptors (Lipinski definition) is 3. The molecule has 0 heterocycles. The molecule has 1 atom stereocenters. The zero-order valence-corrected chi connectivity index (χ0v) is 19.2. The third kappa shape index (κ3) is 7.25. The van der Waals surface area contributed by atoms with Gasteiger partial charge in [0.25, 0.3) is 0 Å². The van der Waals surface area contributed by atoms with Gasteiger partial charge in [-0.25, -0.2) is 0 Å². The summed E-state index contributed by atoms with van der Waals surface area (Å²) >= 11 is 13.6. The predicted molar refractivity (Wildman–Crippen MR) is 122 cm³/mol. The number of thioether (sulfide) groups is 1. The lowest BCUT2D eigenvalue weighted by molar-refractivity contribution is -0.138. The first-order chi connectivity index (χ1) is 13.8. The van der Waals surface area contributed by atoms with E-state index >= 15 is 0 Å². The van der Waals surface area contributed by atoms with E-state index in [0.29, 0.717) is 28.9 Å². The van der Waals surface area contributed by atoms with Crippen molar-refractivity contribution in [3.05, 3.63) is 69.2 Å². The van der Waals surface area contributed by atoms with E-state index in [-0.39, 0.29) is 17.6 Å². The largest absolute Gasteiger partial charge is 0.355 e. The molecule has 0 aliphatic heterocycles. The number of nitrogens with zero attached hydrogens (tertiary/aromatic N) is 1. The van der Waals surface area contributed by atoms with Gasteiger partial charge in [-0.2, -0.15) is 0 Å². The molecule has 0 radical (unpaired) electrons. The molecule has 2 aromatic carbocycles. The van der Waals surface area contributed by atoms with Crippen LogP contribution in [-0.2, 0) is 21.9 Å². The minimum absolute atomic E-state index is 0.0830. The normalized spacial score (nSPS) is 11.8. The van der Waals surface area contributed by atoms with E-state index in [2.05, 4.69) is 5.32 Å². The van der Waals surface area contributed by atoms with Crippen molar-refractivity contribution in [1.29, 1.82) is 0 Å². The summed E-state index contributed by atoms with van der Waals surface area (Å²) in [5, 5.41) is 3.97. The van der Waals surface area contributed by atoms with Gasteiger partial charge >= 0.3 is 0 Å². The SMILES string of the molecule is CCNC(=O)C(C)N(Cc1cccc(C)c1)C(=O)CSCc1ccc(Cl)cc1Cl. The number of amides is 2. The van der Waals surface area contributed by atoms with Crippen molar-refractivity contribution < 1.29 is 9.59 Å². The van der Waals surface area contributed by atoms with Gasteiger partial charge < -0.3 is 10.2 Å². The number of benzene rings is 2. The number of carbonyl (C=O) groups excluding carboxylic acids is 2. The lowest BCUT2D eigenvalue weighted by Gasteiger charge is -2.28. The van der Waals surface area contributed by atoms with Crippen LogP contribution >= 0.6 is 35.0 Å². The highest BCUT2D eigenvalue weighted by Crippen LogP contribution is 2.25. The molecule has 4 nitrogen and oxygen atoms in total. The summed E-state index contributed by atoms with van der Waals surface area (Å²) in [6, 6.07) is 12.8. The van der Waals surface area contributed by atoms with Crippen LogP contribution in [0.25, 0.3) is 0 Å². The maximum atomic E-state index is 13.0. The van der Waals surface area contributed by atoms with Crippen LogP contribution in [0.1, 0.15) is 30.5 Å². The molecule has 0 fully saturated rings. The van der Waals surface area contributed by atoms with E-state index in [1.165, 1.54) is 11.8 Å². The first kappa shape index (κ1) is 23.6. The van der Waals surface area contributed by atoms with Crippen LogP contribution in [0.15, 0.2) is 42.5 Å². The van der Waals surface area contributed by atoms with Crippen LogP contribution in [0.3, 0.4) is 0 Å². The van der Waals surface area contributed by atoms with Gasteiger partial charge in [0.05, 0.1) is 5.75 Å². The summed E-state index contributed by atoms with van der Waals surface area (Å²) in [5.74, 6) is 0.615. The molecule has 1 unspecified atom stereocenters. The molecule has 0 bridgehead atoms. The quantitative estimate of drug-likeness (QED) is 0.576. The summed E-state index contributed by atoms with van der Waals surface area (Å²) in [6.45, 7) is 6.55. The number of hydrogen-bond donors (Lipinski definition) is 1. The Bertz CT molecular complexity index is 860. The Morgan fingerprint density at radius 3 is 2.59 bits per heavy atom. The summed E-state index contributed by atoms with van der Waals surface area (Å²) in [7, 11) is 0. The third-order valence-electron chi connectivity index (χ3n) is 4.45. The monoisotopic (exact) mass is 452 g/mol. The summed E-state index contributed by atoms with van der Waals surface area (Å²) in [6.07, 6.45) is 0. The molecule has 0 aliphatic rings. The van der Waals surface area contributed by atoms with Crippen molar-refractivity contribution in [3.63, 3.8) is 0 Å². The first-order valence-corrected chi connectivity index (χ1v) is 11.4. The highest BCUT2D eigenvalue weighted by Gasteiger charge is 2.25. The van der Waals surface area contributed by atoms with Crippen LogP contribution in [0.2, 0.25) is 10.0 Å². The fraction of sp³-hybridized carbons (Fsp3) is 0.364. The zero-order chi connectivity index (χ0) is 21.4. The van der Waals surface area contributed by atoms with Gasteiger partial charge in [-0.3, -0.25) is 9.59 Å². The molecule has 0 saturated heterocycles.